The molecule has 5 aliphatic heterocycles. The Morgan fingerprint density at radius 2 is 1.60 bits per heavy atom. The van der Waals surface area contributed by atoms with Crippen LogP contribution in [0.1, 0.15) is 139 Å². The Morgan fingerprint density at radius 3 is 2.29 bits per heavy atom. The zero-order valence-electron chi connectivity index (χ0n) is 48.4. The molecule has 4 aromatic rings. The van der Waals surface area contributed by atoms with Crippen molar-refractivity contribution in [1.82, 2.24) is 40.9 Å². The Balaban J connectivity index is 0.860. The maximum absolute atomic E-state index is 14.7. The zero-order chi connectivity index (χ0) is 62.0. The largest absolute Gasteiger partial charge is 0.399 e. The molecule has 25 heteroatoms. The second-order valence-corrected chi connectivity index (χ2v) is 26.9. The van der Waals surface area contributed by atoms with E-state index in [-0.39, 0.29) is 90.9 Å². The summed E-state index contributed by atoms with van der Waals surface area (Å²) in [6.45, 7) is 7.77. The molecule has 4 fully saturated rings. The van der Waals surface area contributed by atoms with Crippen LogP contribution in [0.4, 0.5) is 8.78 Å². The number of nitrogens with two attached hydrogens (primary N) is 1. The molecule has 0 radical (unpaired) electrons. The summed E-state index contributed by atoms with van der Waals surface area (Å²) < 4.78 is 41.2. The molecule has 4 saturated heterocycles. The molecule has 3 unspecified atom stereocenters. The van der Waals surface area contributed by atoms with Crippen LogP contribution in [0.15, 0.2) is 66.7 Å². The number of piperidine rings is 2. The van der Waals surface area contributed by atoms with Crippen LogP contribution in [0.5, 0.6) is 0 Å². The first-order chi connectivity index (χ1) is 40.7. The van der Waals surface area contributed by atoms with Crippen LogP contribution in [0.2, 0.25) is 0 Å². The van der Waals surface area contributed by atoms with Crippen LogP contribution in [-0.2, 0) is 62.2 Å². The lowest BCUT2D eigenvalue weighted by Gasteiger charge is -2.38. The minimum atomic E-state index is -5.87. The van der Waals surface area contributed by atoms with Gasteiger partial charge in [-0.3, -0.25) is 53.0 Å². The average Bonchev–Trinajstić information content (AvgIpc) is 2.18. The van der Waals surface area contributed by atoms with Crippen molar-refractivity contribution in [3.63, 3.8) is 0 Å². The molecule has 9 amide bonds. The van der Waals surface area contributed by atoms with E-state index in [1.807, 2.05) is 35.2 Å². The monoisotopic (exact) mass is 1220 g/mol. The standard InChI is InChI=1S/C61H72F2N9O12PS/c1-60(2,3)39-14-12-36(13-15-39)30-45(58(80)70-28-24-35(25-29-70)8-5-6-9-37-10-7-11-42-43(37)33-71(57(42)79)47-20-23-52(74)68-54(47)76)66-53(75)44(18-22-51(64)73)65-55(77)48-19-17-41-26-27-69(4)34-46(59(81)72(41)48)67-56(78)50-32-38-31-40(16-21-49(38)86-50)61(62,63)85(82,83)84/h7,10-16,21,31-32,35,41,44-48H,5,8,17-20,22-30,33-34H2,1-4H3,(H2,64,73)(H,65,77)(H,66,75)(H,67,78)(H,68,74,76)(H2,82,83,84)/t41-,44?,45?,46+,47?,48+/m1/s1. The van der Waals surface area contributed by atoms with Gasteiger partial charge in [-0.05, 0) is 129 Å². The lowest BCUT2D eigenvalue weighted by molar-refractivity contribution is -0.144. The number of amides is 9. The molecule has 458 valence electrons. The molecule has 0 bridgehead atoms. The molecule has 6 atom stereocenters. The number of likely N-dealkylation sites (tertiary alicyclic amines) is 1. The molecule has 0 aliphatic carbocycles. The first-order valence-corrected chi connectivity index (χ1v) is 31.4. The van der Waals surface area contributed by atoms with Crippen molar-refractivity contribution in [2.75, 3.05) is 33.2 Å². The van der Waals surface area contributed by atoms with Crippen molar-refractivity contribution in [2.24, 2.45) is 11.7 Å². The Kier molecular flexibility index (Phi) is 19.0. The third kappa shape index (κ3) is 14.2. The lowest BCUT2D eigenvalue weighted by Crippen LogP contribution is -2.61. The summed E-state index contributed by atoms with van der Waals surface area (Å²) in [5, 5.41) is 10.9. The summed E-state index contributed by atoms with van der Waals surface area (Å²) in [6.07, 6.45) is 3.71. The number of hydrogen-bond donors (Lipinski definition) is 7. The Labute approximate surface area is 500 Å². The van der Waals surface area contributed by atoms with Crippen LogP contribution in [-0.4, -0.2) is 152 Å². The number of thiophene rings is 1. The van der Waals surface area contributed by atoms with Gasteiger partial charge in [0.1, 0.15) is 30.2 Å². The molecule has 21 nitrogen and oxygen atoms in total. The number of alkyl halides is 2. The second-order valence-electron chi connectivity index (χ2n) is 24.1. The van der Waals surface area contributed by atoms with Gasteiger partial charge in [0, 0.05) is 79.3 Å². The zero-order valence-corrected chi connectivity index (χ0v) is 50.1. The normalized spacial score (nSPS) is 21.3. The minimum Gasteiger partial charge on any atom is -0.370 e. The fourth-order valence-corrected chi connectivity index (χ4v) is 13.5. The molecule has 1 aromatic heterocycles. The molecule has 9 rings (SSSR count). The highest BCUT2D eigenvalue weighted by Crippen LogP contribution is 2.59. The molecule has 5 aliphatic rings. The van der Waals surface area contributed by atoms with Crippen molar-refractivity contribution in [3.05, 3.63) is 105 Å². The number of carbonyl (C=O) groups is 9. The van der Waals surface area contributed by atoms with Crippen LogP contribution in [0, 0.1) is 17.8 Å². The summed E-state index contributed by atoms with van der Waals surface area (Å²) in [4.78, 5) is 148. The number of imide groups is 1. The fourth-order valence-electron chi connectivity index (χ4n) is 12.1. The van der Waals surface area contributed by atoms with Gasteiger partial charge in [-0.2, -0.15) is 8.78 Å². The first-order valence-electron chi connectivity index (χ1n) is 29.0. The molecular formula is C61H72F2N9O12PS. The van der Waals surface area contributed by atoms with Gasteiger partial charge in [0.25, 0.3) is 11.8 Å². The number of halogens is 2. The van der Waals surface area contributed by atoms with Crippen molar-refractivity contribution in [3.8, 4) is 11.8 Å². The van der Waals surface area contributed by atoms with Crippen LogP contribution in [0.3, 0.4) is 0 Å². The van der Waals surface area contributed by atoms with E-state index in [1.165, 1.54) is 21.9 Å². The van der Waals surface area contributed by atoms with Gasteiger partial charge in [0.05, 0.1) is 4.88 Å². The summed E-state index contributed by atoms with van der Waals surface area (Å²) in [7, 11) is -4.10. The summed E-state index contributed by atoms with van der Waals surface area (Å²) >= 11 is 0.924. The number of rotatable bonds is 17. The van der Waals surface area contributed by atoms with Gasteiger partial charge in [0.2, 0.25) is 41.4 Å². The predicted molar refractivity (Wildman–Crippen MR) is 314 cm³/mol. The van der Waals surface area contributed by atoms with E-state index < -0.39 is 90.5 Å². The lowest BCUT2D eigenvalue weighted by atomic mass is 9.86. The molecule has 0 spiro atoms. The third-order valence-electron chi connectivity index (χ3n) is 17.1. The summed E-state index contributed by atoms with van der Waals surface area (Å²) in [5.74, 6) is 1.81. The van der Waals surface area contributed by atoms with Crippen molar-refractivity contribution < 1.29 is 66.3 Å². The van der Waals surface area contributed by atoms with E-state index in [0.29, 0.717) is 67.6 Å². The number of primary amides is 1. The number of carbonyl (C=O) groups excluding carboxylic acids is 9. The number of nitrogens with one attached hydrogen (secondary N) is 4. The van der Waals surface area contributed by atoms with Crippen molar-refractivity contribution in [2.45, 2.75) is 152 Å². The average molecular weight is 1220 g/mol. The van der Waals surface area contributed by atoms with Gasteiger partial charge < -0.3 is 51.1 Å². The summed E-state index contributed by atoms with van der Waals surface area (Å²) in [5.41, 5.74) is 3.78. The number of likely N-dealkylation sites (N-methyl/N-ethyl adjacent to an activating group) is 1. The Bertz CT molecular complexity index is 3460. The van der Waals surface area contributed by atoms with Crippen molar-refractivity contribution in [1.29, 1.82) is 0 Å². The van der Waals surface area contributed by atoms with Gasteiger partial charge >= 0.3 is 13.3 Å². The van der Waals surface area contributed by atoms with E-state index in [4.69, 9.17) is 5.73 Å². The van der Waals surface area contributed by atoms with Gasteiger partial charge in [0.15, 0.2) is 0 Å². The van der Waals surface area contributed by atoms with E-state index in [2.05, 4.69) is 53.9 Å². The quantitative estimate of drug-likeness (QED) is 0.0435. The molecule has 86 heavy (non-hydrogen) atoms. The van der Waals surface area contributed by atoms with Gasteiger partial charge in [-0.1, -0.05) is 69.0 Å². The van der Waals surface area contributed by atoms with Gasteiger partial charge in [-0.25, -0.2) is 0 Å². The van der Waals surface area contributed by atoms with E-state index >= 15 is 0 Å². The molecule has 3 aromatic carbocycles. The highest BCUT2D eigenvalue weighted by atomic mass is 32.1. The molecular weight excluding hydrogens is 1150 g/mol. The van der Waals surface area contributed by atoms with Crippen LogP contribution >= 0.6 is 18.9 Å². The Hall–Kier alpha value is -7.42. The number of hydrogen-bond acceptors (Lipinski definition) is 12. The number of benzene rings is 3. The first kappa shape index (κ1) is 63.1. The molecule has 8 N–H and O–H groups in total. The highest BCUT2D eigenvalue weighted by Gasteiger charge is 2.51. The highest BCUT2D eigenvalue weighted by molar-refractivity contribution is 7.52. The minimum absolute atomic E-state index is 0.0310. The van der Waals surface area contributed by atoms with E-state index in [0.717, 1.165) is 46.6 Å². The number of nitrogens with zero attached hydrogens (tertiary/aromatic N) is 4. The van der Waals surface area contributed by atoms with E-state index in [1.54, 1.807) is 24.1 Å². The number of fused-ring (bicyclic) bond motifs is 3. The Morgan fingerprint density at radius 1 is 0.884 bits per heavy atom. The van der Waals surface area contributed by atoms with E-state index in [9.17, 15) is 66.3 Å². The smallest absolute Gasteiger partial charge is 0.370 e. The predicted octanol–water partition coefficient (Wildman–Crippen LogP) is 4.53. The second kappa shape index (κ2) is 25.9. The molecule has 0 saturated carbocycles. The molecule has 6 heterocycles. The van der Waals surface area contributed by atoms with Crippen LogP contribution in [0.25, 0.3) is 10.1 Å². The van der Waals surface area contributed by atoms with Crippen LogP contribution < -0.4 is 27.0 Å². The van der Waals surface area contributed by atoms with Gasteiger partial charge in [-0.15, -0.1) is 11.3 Å². The maximum Gasteiger partial charge on any atom is 0.399 e. The third-order valence-corrected chi connectivity index (χ3v) is 19.2. The fraction of sp³-hybridized carbons (Fsp3) is 0.492. The SMILES string of the molecule is CN1CC[C@H]2CC[C@@H](C(=O)NC(CCC(N)=O)C(=O)NC(Cc3ccc(C(C)(C)C)cc3)C(=O)N3CCC(CCC#Cc4cccc5c4CN(C4CCC(=O)NC4=O)C5=O)CC3)N2C(=O)[C@@H](NC(=O)c2cc3cc(C(F)(F)P(=O)(O)O)ccc3s2)C1. The van der Waals surface area contributed by atoms with Crippen molar-refractivity contribution >= 4 is 82.2 Å². The topological polar surface area (TPSA) is 298 Å². The summed E-state index contributed by atoms with van der Waals surface area (Å²) in [6, 6.07) is 11.4. The maximum atomic E-state index is 14.7.